The molecule has 0 spiro atoms. The van der Waals surface area contributed by atoms with Crippen LogP contribution in [0, 0.1) is 13.8 Å². The fourth-order valence-corrected chi connectivity index (χ4v) is 1.40. The average molecular weight is 210 g/mol. The Bertz CT molecular complexity index is 331. The Labute approximate surface area is 90.1 Å². The second-order valence-electron chi connectivity index (χ2n) is 3.61. The SMILES string of the molecule is CCCCCNC(=O)c1oc(C)nc1C. The van der Waals surface area contributed by atoms with Gasteiger partial charge in [0.15, 0.2) is 5.89 Å². The van der Waals surface area contributed by atoms with Crippen molar-refractivity contribution < 1.29 is 9.21 Å². The molecular formula is C11H18N2O2. The van der Waals surface area contributed by atoms with E-state index in [0.29, 0.717) is 23.9 Å². The van der Waals surface area contributed by atoms with Gasteiger partial charge in [0.2, 0.25) is 5.76 Å². The predicted octanol–water partition coefficient (Wildman–Crippen LogP) is 2.21. The molecule has 1 heterocycles. The minimum Gasteiger partial charge on any atom is -0.436 e. The molecule has 0 fully saturated rings. The summed E-state index contributed by atoms with van der Waals surface area (Å²) in [7, 11) is 0. The molecule has 84 valence electrons. The monoisotopic (exact) mass is 210 g/mol. The largest absolute Gasteiger partial charge is 0.436 e. The summed E-state index contributed by atoms with van der Waals surface area (Å²) >= 11 is 0. The minimum atomic E-state index is -0.163. The van der Waals surface area contributed by atoms with Crippen molar-refractivity contribution >= 4 is 5.91 Å². The smallest absolute Gasteiger partial charge is 0.289 e. The van der Waals surface area contributed by atoms with Crippen molar-refractivity contribution in [2.75, 3.05) is 6.54 Å². The van der Waals surface area contributed by atoms with Crippen molar-refractivity contribution in [3.05, 3.63) is 17.3 Å². The van der Waals surface area contributed by atoms with Crippen LogP contribution >= 0.6 is 0 Å². The molecule has 15 heavy (non-hydrogen) atoms. The summed E-state index contributed by atoms with van der Waals surface area (Å²) in [6, 6.07) is 0. The number of carbonyl (C=O) groups excluding carboxylic acids is 1. The number of aromatic nitrogens is 1. The molecule has 0 unspecified atom stereocenters. The molecule has 4 heteroatoms. The van der Waals surface area contributed by atoms with Crippen molar-refractivity contribution in [2.24, 2.45) is 0 Å². The molecule has 4 nitrogen and oxygen atoms in total. The third-order valence-electron chi connectivity index (χ3n) is 2.18. The Balaban J connectivity index is 2.43. The van der Waals surface area contributed by atoms with E-state index in [-0.39, 0.29) is 5.91 Å². The Morgan fingerprint density at radius 1 is 1.40 bits per heavy atom. The van der Waals surface area contributed by atoms with Crippen LogP contribution in [0.1, 0.15) is 48.3 Å². The molecular weight excluding hydrogens is 192 g/mol. The zero-order chi connectivity index (χ0) is 11.3. The van der Waals surface area contributed by atoms with Gasteiger partial charge in [0.25, 0.3) is 5.91 Å². The first-order valence-corrected chi connectivity index (χ1v) is 5.37. The molecule has 0 radical (unpaired) electrons. The molecule has 1 aromatic heterocycles. The highest BCUT2D eigenvalue weighted by atomic mass is 16.4. The molecule has 0 aliphatic heterocycles. The van der Waals surface area contributed by atoms with Crippen LogP contribution < -0.4 is 5.32 Å². The van der Waals surface area contributed by atoms with Gasteiger partial charge in [-0.05, 0) is 13.3 Å². The van der Waals surface area contributed by atoms with Crippen LogP contribution in [-0.4, -0.2) is 17.4 Å². The number of unbranched alkanes of at least 4 members (excludes halogenated alkanes) is 2. The number of nitrogens with one attached hydrogen (secondary N) is 1. The summed E-state index contributed by atoms with van der Waals surface area (Å²) in [5, 5.41) is 2.82. The van der Waals surface area contributed by atoms with E-state index in [1.807, 2.05) is 0 Å². The quantitative estimate of drug-likeness (QED) is 0.758. The number of hydrogen-bond donors (Lipinski definition) is 1. The highest BCUT2D eigenvalue weighted by molar-refractivity contribution is 5.92. The molecule has 0 atom stereocenters. The van der Waals surface area contributed by atoms with E-state index in [2.05, 4.69) is 17.2 Å². The fourth-order valence-electron chi connectivity index (χ4n) is 1.40. The van der Waals surface area contributed by atoms with E-state index < -0.39 is 0 Å². The van der Waals surface area contributed by atoms with Gasteiger partial charge in [0.1, 0.15) is 0 Å². The van der Waals surface area contributed by atoms with E-state index >= 15 is 0 Å². The summed E-state index contributed by atoms with van der Waals surface area (Å²) in [5.74, 6) is 0.708. The van der Waals surface area contributed by atoms with E-state index in [9.17, 15) is 4.79 Å². The molecule has 1 amide bonds. The number of aryl methyl sites for hydroxylation is 2. The van der Waals surface area contributed by atoms with E-state index in [0.717, 1.165) is 19.3 Å². The zero-order valence-electron chi connectivity index (χ0n) is 9.59. The first-order valence-electron chi connectivity index (χ1n) is 5.37. The van der Waals surface area contributed by atoms with Crippen LogP contribution in [0.5, 0.6) is 0 Å². The molecule has 1 rings (SSSR count). The Morgan fingerprint density at radius 2 is 2.13 bits per heavy atom. The molecule has 0 saturated carbocycles. The first-order chi connectivity index (χ1) is 7.15. The summed E-state index contributed by atoms with van der Waals surface area (Å²) in [5.41, 5.74) is 0.653. The molecule has 0 aliphatic carbocycles. The lowest BCUT2D eigenvalue weighted by molar-refractivity contribution is 0.0923. The number of oxazole rings is 1. The van der Waals surface area contributed by atoms with Crippen molar-refractivity contribution in [2.45, 2.75) is 40.0 Å². The average Bonchev–Trinajstić information content (AvgIpc) is 2.52. The first kappa shape index (κ1) is 11.8. The number of rotatable bonds is 5. The molecule has 0 saturated heterocycles. The van der Waals surface area contributed by atoms with Crippen molar-refractivity contribution in [3.8, 4) is 0 Å². The molecule has 1 N–H and O–H groups in total. The van der Waals surface area contributed by atoms with Gasteiger partial charge in [-0.25, -0.2) is 4.98 Å². The molecule has 0 aliphatic rings. The highest BCUT2D eigenvalue weighted by Gasteiger charge is 2.14. The molecule has 0 bridgehead atoms. The zero-order valence-corrected chi connectivity index (χ0v) is 9.59. The minimum absolute atomic E-state index is 0.163. The Hall–Kier alpha value is -1.32. The second-order valence-corrected chi connectivity index (χ2v) is 3.61. The van der Waals surface area contributed by atoms with Crippen LogP contribution in [0.25, 0.3) is 0 Å². The number of amides is 1. The topological polar surface area (TPSA) is 55.1 Å². The van der Waals surface area contributed by atoms with Gasteiger partial charge in [0, 0.05) is 13.5 Å². The van der Waals surface area contributed by atoms with Crippen molar-refractivity contribution in [1.82, 2.24) is 10.3 Å². The molecule has 1 aromatic rings. The summed E-state index contributed by atoms with van der Waals surface area (Å²) in [4.78, 5) is 15.6. The maximum atomic E-state index is 11.6. The lowest BCUT2D eigenvalue weighted by Gasteiger charge is -2.01. The molecule has 0 aromatic carbocycles. The van der Waals surface area contributed by atoms with E-state index in [1.54, 1.807) is 13.8 Å². The number of carbonyl (C=O) groups is 1. The van der Waals surface area contributed by atoms with Gasteiger partial charge in [-0.3, -0.25) is 4.79 Å². The third-order valence-corrected chi connectivity index (χ3v) is 2.18. The Kier molecular flexibility index (Phi) is 4.34. The lowest BCUT2D eigenvalue weighted by atomic mass is 10.2. The van der Waals surface area contributed by atoms with Crippen LogP contribution in [0.3, 0.4) is 0 Å². The normalized spacial score (nSPS) is 10.3. The second kappa shape index (κ2) is 5.53. The van der Waals surface area contributed by atoms with Crippen molar-refractivity contribution in [1.29, 1.82) is 0 Å². The standard InChI is InChI=1S/C11H18N2O2/c1-4-5-6-7-12-11(14)10-8(2)13-9(3)15-10/h4-7H2,1-3H3,(H,12,14). The predicted molar refractivity (Wildman–Crippen MR) is 57.8 cm³/mol. The maximum Gasteiger partial charge on any atom is 0.289 e. The summed E-state index contributed by atoms with van der Waals surface area (Å²) in [6.45, 7) is 6.34. The maximum absolute atomic E-state index is 11.6. The van der Waals surface area contributed by atoms with Crippen LogP contribution in [0.4, 0.5) is 0 Å². The van der Waals surface area contributed by atoms with E-state index in [1.165, 1.54) is 0 Å². The fraction of sp³-hybridized carbons (Fsp3) is 0.636. The van der Waals surface area contributed by atoms with Gasteiger partial charge in [0.05, 0.1) is 5.69 Å². The van der Waals surface area contributed by atoms with Crippen molar-refractivity contribution in [3.63, 3.8) is 0 Å². The third kappa shape index (κ3) is 3.38. The van der Waals surface area contributed by atoms with Gasteiger partial charge < -0.3 is 9.73 Å². The van der Waals surface area contributed by atoms with Gasteiger partial charge in [-0.2, -0.15) is 0 Å². The van der Waals surface area contributed by atoms with Crippen LogP contribution in [0.2, 0.25) is 0 Å². The Morgan fingerprint density at radius 3 is 2.67 bits per heavy atom. The highest BCUT2D eigenvalue weighted by Crippen LogP contribution is 2.08. The van der Waals surface area contributed by atoms with Crippen LogP contribution in [0.15, 0.2) is 4.42 Å². The van der Waals surface area contributed by atoms with Crippen LogP contribution in [-0.2, 0) is 0 Å². The number of hydrogen-bond acceptors (Lipinski definition) is 3. The summed E-state index contributed by atoms with van der Waals surface area (Å²) < 4.78 is 5.21. The lowest BCUT2D eigenvalue weighted by Crippen LogP contribution is -2.24. The van der Waals surface area contributed by atoms with Gasteiger partial charge in [-0.1, -0.05) is 19.8 Å². The van der Waals surface area contributed by atoms with Gasteiger partial charge in [-0.15, -0.1) is 0 Å². The van der Waals surface area contributed by atoms with E-state index in [4.69, 9.17) is 4.42 Å². The number of nitrogens with zero attached hydrogens (tertiary/aromatic N) is 1. The summed E-state index contributed by atoms with van der Waals surface area (Å²) in [6.07, 6.45) is 3.29. The van der Waals surface area contributed by atoms with Gasteiger partial charge >= 0.3 is 0 Å².